The molecule has 1 aromatic rings. The van der Waals surface area contributed by atoms with Crippen LogP contribution in [0.4, 0.5) is 8.78 Å². The largest absolute Gasteiger partial charge is 0.393 e. The number of nitrogens with one attached hydrogen (secondary N) is 1. The molecule has 0 aliphatic carbocycles. The summed E-state index contributed by atoms with van der Waals surface area (Å²) in [5, 5.41) is 3.23. The maximum Gasteiger partial charge on any atom is 0.250 e. The first-order chi connectivity index (χ1) is 14.4. The lowest BCUT2D eigenvalue weighted by Crippen LogP contribution is -2.41. The molecule has 2 rings (SSSR count). The van der Waals surface area contributed by atoms with Crippen molar-refractivity contribution in [2.45, 2.75) is 90.8 Å². The Morgan fingerprint density at radius 3 is 2.52 bits per heavy atom. The van der Waals surface area contributed by atoms with Crippen molar-refractivity contribution in [3.8, 4) is 0 Å². The topological polar surface area (TPSA) is 12.0 Å². The van der Waals surface area contributed by atoms with Crippen LogP contribution in [0.1, 0.15) is 82.9 Å². The Kier molecular flexibility index (Phi) is 8.74. The number of alkyl halides is 2. The zero-order valence-electron chi connectivity index (χ0n) is 20.1. The van der Waals surface area contributed by atoms with E-state index in [0.717, 1.165) is 46.2 Å². The van der Waals surface area contributed by atoms with Crippen molar-refractivity contribution in [1.29, 1.82) is 0 Å². The van der Waals surface area contributed by atoms with Crippen LogP contribution in [0.5, 0.6) is 0 Å². The van der Waals surface area contributed by atoms with Gasteiger partial charge in [0.15, 0.2) is 7.28 Å². The van der Waals surface area contributed by atoms with E-state index in [1.807, 2.05) is 0 Å². The standard InChI is InChI=1S/C27H40BF2N/c1-8-15-26(5,6)20(3)12-9-11-19(2)23-14-10-13-22-16-25(28-18-24(22)23)31-21(4)17-27(7,29)30/h10,13-14,25,28,31H,2-4,8-9,11-12,15-18H2,1,5-7H3. The van der Waals surface area contributed by atoms with E-state index in [2.05, 4.69) is 64.0 Å². The van der Waals surface area contributed by atoms with Gasteiger partial charge in [0.25, 0.3) is 5.92 Å². The molecule has 1 atom stereocenters. The predicted molar refractivity (Wildman–Crippen MR) is 133 cm³/mol. The smallest absolute Gasteiger partial charge is 0.250 e. The Hall–Kier alpha value is -1.84. The van der Waals surface area contributed by atoms with Gasteiger partial charge < -0.3 is 5.32 Å². The summed E-state index contributed by atoms with van der Waals surface area (Å²) in [5.41, 5.74) is 7.11. The van der Waals surface area contributed by atoms with Crippen molar-refractivity contribution in [2.75, 3.05) is 0 Å². The first kappa shape index (κ1) is 25.4. The minimum Gasteiger partial charge on any atom is -0.393 e. The van der Waals surface area contributed by atoms with E-state index >= 15 is 0 Å². The first-order valence-electron chi connectivity index (χ1n) is 11.7. The normalized spacial score (nSPS) is 16.3. The van der Waals surface area contributed by atoms with Gasteiger partial charge in [-0.3, -0.25) is 0 Å². The second kappa shape index (κ2) is 10.7. The second-order valence-electron chi connectivity index (χ2n) is 10.1. The number of halogens is 2. The van der Waals surface area contributed by atoms with Crippen LogP contribution >= 0.6 is 0 Å². The summed E-state index contributed by atoms with van der Waals surface area (Å²) in [6.07, 6.45) is 6.91. The fraction of sp³-hybridized carbons (Fsp3) is 0.556. The number of allylic oxidation sites excluding steroid dienone is 3. The zero-order valence-corrected chi connectivity index (χ0v) is 20.1. The molecule has 0 aromatic heterocycles. The molecule has 0 amide bonds. The molecular weight excluding hydrogens is 387 g/mol. The fourth-order valence-corrected chi connectivity index (χ4v) is 4.77. The monoisotopic (exact) mass is 427 g/mol. The molecule has 1 heterocycles. The van der Waals surface area contributed by atoms with Gasteiger partial charge in [-0.25, -0.2) is 8.78 Å². The molecule has 0 radical (unpaired) electrons. The maximum atomic E-state index is 13.2. The van der Waals surface area contributed by atoms with Crippen molar-refractivity contribution in [3.05, 3.63) is 65.9 Å². The summed E-state index contributed by atoms with van der Waals surface area (Å²) in [6, 6.07) is 6.44. The van der Waals surface area contributed by atoms with Crippen molar-refractivity contribution < 1.29 is 8.78 Å². The predicted octanol–water partition coefficient (Wildman–Crippen LogP) is 7.22. The molecule has 0 fully saturated rings. The lowest BCUT2D eigenvalue weighted by atomic mass is 9.57. The molecule has 1 N–H and O–H groups in total. The van der Waals surface area contributed by atoms with Crippen LogP contribution in [0.3, 0.4) is 0 Å². The lowest BCUT2D eigenvalue weighted by molar-refractivity contribution is 0.0211. The zero-order chi connectivity index (χ0) is 23.2. The van der Waals surface area contributed by atoms with E-state index in [-0.39, 0.29) is 17.8 Å². The number of benzene rings is 1. The average Bonchev–Trinajstić information content (AvgIpc) is 2.65. The van der Waals surface area contributed by atoms with E-state index in [4.69, 9.17) is 0 Å². The minimum atomic E-state index is -2.72. The third-order valence-corrected chi connectivity index (χ3v) is 6.58. The molecule has 1 aliphatic heterocycles. The van der Waals surface area contributed by atoms with Crippen LogP contribution in [0, 0.1) is 5.41 Å². The van der Waals surface area contributed by atoms with Gasteiger partial charge in [0.1, 0.15) is 0 Å². The van der Waals surface area contributed by atoms with E-state index in [0.29, 0.717) is 5.70 Å². The SMILES string of the molecule is C=C(CC(C)(F)F)NC1BCc2c(cccc2C(=C)CCCC(=C)C(C)(C)CCC)C1. The van der Waals surface area contributed by atoms with E-state index in [9.17, 15) is 8.78 Å². The fourth-order valence-electron chi connectivity index (χ4n) is 4.77. The van der Waals surface area contributed by atoms with Crippen LogP contribution in [-0.2, 0) is 12.7 Å². The van der Waals surface area contributed by atoms with Crippen molar-refractivity contribution >= 4 is 12.9 Å². The summed E-state index contributed by atoms with van der Waals surface area (Å²) < 4.78 is 26.5. The Morgan fingerprint density at radius 1 is 1.16 bits per heavy atom. The van der Waals surface area contributed by atoms with Gasteiger partial charge in [-0.15, -0.1) is 0 Å². The maximum absolute atomic E-state index is 13.2. The van der Waals surface area contributed by atoms with E-state index in [1.54, 1.807) is 0 Å². The first-order valence-corrected chi connectivity index (χ1v) is 11.7. The highest BCUT2D eigenvalue weighted by molar-refractivity contribution is 6.38. The minimum absolute atomic E-state index is 0.162. The summed E-state index contributed by atoms with van der Waals surface area (Å²) in [5.74, 6) is -2.56. The molecule has 1 unspecified atom stereocenters. The summed E-state index contributed by atoms with van der Waals surface area (Å²) in [7, 11) is 0.924. The molecule has 1 nitrogen and oxygen atoms in total. The summed E-state index contributed by atoms with van der Waals surface area (Å²) >= 11 is 0. The van der Waals surface area contributed by atoms with Crippen LogP contribution in [0.15, 0.2) is 49.2 Å². The van der Waals surface area contributed by atoms with Gasteiger partial charge in [0.05, 0.1) is 6.42 Å². The van der Waals surface area contributed by atoms with Gasteiger partial charge in [-0.2, -0.15) is 0 Å². The summed E-state index contributed by atoms with van der Waals surface area (Å²) in [4.78, 5) is 0. The van der Waals surface area contributed by atoms with E-state index in [1.165, 1.54) is 40.7 Å². The van der Waals surface area contributed by atoms with Crippen LogP contribution in [0.25, 0.3) is 5.57 Å². The Balaban J connectivity index is 1.95. The van der Waals surface area contributed by atoms with Crippen molar-refractivity contribution in [3.63, 3.8) is 0 Å². The molecule has 4 heteroatoms. The van der Waals surface area contributed by atoms with Crippen LogP contribution in [0.2, 0.25) is 0 Å². The van der Waals surface area contributed by atoms with Crippen molar-refractivity contribution in [2.24, 2.45) is 5.41 Å². The highest BCUT2D eigenvalue weighted by Crippen LogP contribution is 2.35. The molecule has 0 saturated carbocycles. The van der Waals surface area contributed by atoms with Crippen molar-refractivity contribution in [1.82, 2.24) is 5.32 Å². The van der Waals surface area contributed by atoms with Crippen LogP contribution < -0.4 is 5.32 Å². The second-order valence-corrected chi connectivity index (χ2v) is 10.1. The highest BCUT2D eigenvalue weighted by atomic mass is 19.3. The van der Waals surface area contributed by atoms with Crippen LogP contribution in [-0.4, -0.2) is 19.1 Å². The molecule has 0 saturated heterocycles. The van der Waals surface area contributed by atoms with Gasteiger partial charge in [-0.1, -0.05) is 70.7 Å². The third-order valence-electron chi connectivity index (χ3n) is 6.58. The Labute approximate surface area is 189 Å². The number of hydrogen-bond acceptors (Lipinski definition) is 1. The Bertz CT molecular complexity index is 804. The number of fused-ring (bicyclic) bond motifs is 1. The van der Waals surface area contributed by atoms with E-state index < -0.39 is 5.92 Å². The van der Waals surface area contributed by atoms with Gasteiger partial charge in [-0.05, 0) is 73.0 Å². The third kappa shape index (κ3) is 7.66. The van der Waals surface area contributed by atoms with Gasteiger partial charge in [0, 0.05) is 11.6 Å². The lowest BCUT2D eigenvalue weighted by Gasteiger charge is -2.29. The number of rotatable bonds is 12. The molecule has 0 bridgehead atoms. The number of hydrogen-bond donors (Lipinski definition) is 1. The average molecular weight is 427 g/mol. The Morgan fingerprint density at radius 2 is 1.87 bits per heavy atom. The molecule has 170 valence electrons. The molecule has 1 aromatic carbocycles. The highest BCUT2D eigenvalue weighted by Gasteiger charge is 2.26. The molecule has 1 aliphatic rings. The molecular formula is C27H40BF2N. The van der Waals surface area contributed by atoms with Gasteiger partial charge in [0.2, 0.25) is 0 Å². The van der Waals surface area contributed by atoms with Gasteiger partial charge >= 0.3 is 0 Å². The molecule has 31 heavy (non-hydrogen) atoms. The molecule has 0 spiro atoms. The summed E-state index contributed by atoms with van der Waals surface area (Å²) in [6.45, 7) is 20.3. The quantitative estimate of drug-likeness (QED) is 0.274.